The molecule has 8 heterocycles. The zero-order valence-corrected chi connectivity index (χ0v) is 34.2. The van der Waals surface area contributed by atoms with Crippen LogP contribution in [0.1, 0.15) is 0 Å². The average molecular weight is 999 g/mol. The molecular formula is C28H7Br5S8. The van der Waals surface area contributed by atoms with Gasteiger partial charge in [-0.05, 0) is 121 Å². The highest BCUT2D eigenvalue weighted by atomic mass is 79.9. The number of rotatable bonds is 0. The standard InChI is InChI=1S/C14H3Br3S4.C14H4Br2S4/c15-7-1-4-10-11(18-6-3-9(17)21-14(6)10)5-2-8(16)20-13(5)12(4)19-7;15-8-3-5-10-11(18-7-1-2-17-14(7)10)6-4-9(16)20-13(6)12(5)19-8/h1-3H;1-4H. The van der Waals surface area contributed by atoms with Crippen LogP contribution in [-0.4, -0.2) is 0 Å². The molecule has 0 aliphatic carbocycles. The molecule has 0 saturated carbocycles. The summed E-state index contributed by atoms with van der Waals surface area (Å²) in [5.74, 6) is 0. The molecule has 0 radical (unpaired) electrons. The van der Waals surface area contributed by atoms with Crippen LogP contribution >= 0.6 is 170 Å². The first kappa shape index (κ1) is 27.8. The van der Waals surface area contributed by atoms with Crippen LogP contribution < -0.4 is 0 Å². The van der Waals surface area contributed by atoms with Gasteiger partial charge in [0.25, 0.3) is 0 Å². The van der Waals surface area contributed by atoms with E-state index in [2.05, 4.69) is 121 Å². The summed E-state index contributed by atoms with van der Waals surface area (Å²) in [4.78, 5) is 0. The number of halogens is 5. The van der Waals surface area contributed by atoms with E-state index in [0.29, 0.717) is 0 Å². The van der Waals surface area contributed by atoms with Crippen LogP contribution in [0.2, 0.25) is 0 Å². The molecule has 0 unspecified atom stereocenters. The quantitative estimate of drug-likeness (QED) is 0.142. The average Bonchev–Trinajstić information content (AvgIpc) is 3.72. The third-order valence-electron chi connectivity index (χ3n) is 6.88. The minimum atomic E-state index is 1.20. The van der Waals surface area contributed by atoms with Crippen molar-refractivity contribution in [2.24, 2.45) is 0 Å². The zero-order chi connectivity index (χ0) is 27.7. The van der Waals surface area contributed by atoms with E-state index in [-0.39, 0.29) is 0 Å². The van der Waals surface area contributed by atoms with Gasteiger partial charge in [-0.2, -0.15) is 0 Å². The molecule has 0 fully saturated rings. The highest BCUT2D eigenvalue weighted by Crippen LogP contribution is 2.53. The number of benzene rings is 2. The van der Waals surface area contributed by atoms with E-state index in [9.17, 15) is 0 Å². The normalized spacial score (nSPS) is 12.5. The molecule has 202 valence electrons. The van der Waals surface area contributed by atoms with Crippen molar-refractivity contribution < 1.29 is 0 Å². The topological polar surface area (TPSA) is 0 Å². The molecule has 0 spiro atoms. The summed E-state index contributed by atoms with van der Waals surface area (Å²) < 4.78 is 20.1. The Kier molecular flexibility index (Phi) is 6.96. The van der Waals surface area contributed by atoms with Crippen molar-refractivity contribution in [2.75, 3.05) is 0 Å². The van der Waals surface area contributed by atoms with Gasteiger partial charge in [-0.3, -0.25) is 0 Å². The van der Waals surface area contributed by atoms with E-state index in [1.54, 1.807) is 0 Å². The molecule has 41 heavy (non-hydrogen) atoms. The van der Waals surface area contributed by atoms with Gasteiger partial charge >= 0.3 is 0 Å². The molecule has 0 N–H and O–H groups in total. The van der Waals surface area contributed by atoms with Crippen LogP contribution in [0.4, 0.5) is 0 Å². The number of hydrogen-bond acceptors (Lipinski definition) is 8. The molecule has 0 atom stereocenters. The third-order valence-corrected chi connectivity index (χ3v) is 19.0. The molecule has 0 amide bonds. The summed E-state index contributed by atoms with van der Waals surface area (Å²) >= 11 is 33.1. The SMILES string of the molecule is Brc1cc2c(s1)c1sc(Br)cc1c1c3sc(Br)cc3sc21.Brc1cc2c(s1)c1sc(Br)cc1c1c3sccc3sc21. The van der Waals surface area contributed by atoms with Crippen LogP contribution in [0.15, 0.2) is 60.7 Å². The van der Waals surface area contributed by atoms with Crippen LogP contribution in [0.5, 0.6) is 0 Å². The Morgan fingerprint density at radius 3 is 1.34 bits per heavy atom. The Labute approximate surface area is 305 Å². The fourth-order valence-electron chi connectivity index (χ4n) is 5.38. The van der Waals surface area contributed by atoms with Crippen LogP contribution in [-0.2, 0) is 0 Å². The monoisotopic (exact) mass is 993 g/mol. The molecule has 2 aromatic carbocycles. The molecule has 0 saturated heterocycles. The van der Waals surface area contributed by atoms with Crippen LogP contribution in [0.25, 0.3) is 79.3 Å². The van der Waals surface area contributed by atoms with Crippen molar-refractivity contribution in [1.29, 1.82) is 0 Å². The molecule has 0 aliphatic heterocycles. The van der Waals surface area contributed by atoms with E-state index < -0.39 is 0 Å². The molecule has 0 bridgehead atoms. The Balaban J connectivity index is 0.000000117. The van der Waals surface area contributed by atoms with Crippen molar-refractivity contribution >= 4 is 250 Å². The third kappa shape index (κ3) is 4.28. The van der Waals surface area contributed by atoms with Gasteiger partial charge < -0.3 is 0 Å². The largest absolute Gasteiger partial charge is 0.142 e. The summed E-state index contributed by atoms with van der Waals surface area (Å²) in [6.07, 6.45) is 0. The maximum Gasteiger partial charge on any atom is 0.0719 e. The molecular weight excluding hydrogens is 992 g/mol. The van der Waals surface area contributed by atoms with Crippen molar-refractivity contribution in [3.63, 3.8) is 0 Å². The Bertz CT molecular complexity index is 2660. The fraction of sp³-hybridized carbons (Fsp3) is 0. The van der Waals surface area contributed by atoms with Crippen molar-refractivity contribution in [3.8, 4) is 0 Å². The summed E-state index contributed by atoms with van der Waals surface area (Å²) in [6, 6.07) is 13.6. The second-order valence-corrected chi connectivity index (χ2v) is 24.3. The Hall–Kier alpha value is 0.520. The van der Waals surface area contributed by atoms with Crippen molar-refractivity contribution in [3.05, 3.63) is 60.7 Å². The van der Waals surface area contributed by atoms with Gasteiger partial charge in [-0.15, -0.1) is 90.7 Å². The lowest BCUT2D eigenvalue weighted by Crippen LogP contribution is -1.68. The number of fused-ring (bicyclic) bond motifs is 16. The predicted octanol–water partition coefficient (Wildman–Crippen LogP) is 16.9. The van der Waals surface area contributed by atoms with E-state index in [1.165, 1.54) is 98.2 Å². The Morgan fingerprint density at radius 2 is 0.780 bits per heavy atom. The first-order valence-corrected chi connectivity index (χ1v) is 22.3. The first-order valence-electron chi connectivity index (χ1n) is 11.8. The van der Waals surface area contributed by atoms with Gasteiger partial charge in [0, 0.05) is 51.1 Å². The number of thiophene rings is 8. The number of hydrogen-bond donors (Lipinski definition) is 0. The minimum absolute atomic E-state index is 1.20. The predicted molar refractivity (Wildman–Crippen MR) is 214 cm³/mol. The fourth-order valence-corrected chi connectivity index (χ4v) is 17.9. The Morgan fingerprint density at radius 1 is 0.366 bits per heavy atom. The van der Waals surface area contributed by atoms with Gasteiger partial charge in [0.1, 0.15) is 0 Å². The van der Waals surface area contributed by atoms with Crippen molar-refractivity contribution in [1.82, 2.24) is 0 Å². The smallest absolute Gasteiger partial charge is 0.0719 e. The first-order chi connectivity index (χ1) is 19.8. The van der Waals surface area contributed by atoms with Crippen LogP contribution in [0, 0.1) is 0 Å². The lowest BCUT2D eigenvalue weighted by atomic mass is 10.1. The van der Waals surface area contributed by atoms with E-state index >= 15 is 0 Å². The van der Waals surface area contributed by atoms with Gasteiger partial charge in [0.15, 0.2) is 0 Å². The summed E-state index contributed by atoms with van der Waals surface area (Å²) in [5, 5.41) is 10.6. The van der Waals surface area contributed by atoms with E-state index in [1.807, 2.05) is 90.7 Å². The summed E-state index contributed by atoms with van der Waals surface area (Å²) in [7, 11) is 0. The maximum atomic E-state index is 3.67. The second kappa shape index (κ2) is 10.3. The second-order valence-electron chi connectivity index (χ2n) is 9.14. The van der Waals surface area contributed by atoms with Crippen molar-refractivity contribution in [2.45, 2.75) is 0 Å². The molecule has 0 aliphatic rings. The molecule has 13 heteroatoms. The van der Waals surface area contributed by atoms with Gasteiger partial charge in [-0.1, -0.05) is 0 Å². The lowest BCUT2D eigenvalue weighted by Gasteiger charge is -1.97. The van der Waals surface area contributed by atoms with Gasteiger partial charge in [0.05, 0.1) is 47.1 Å². The molecule has 8 aromatic heterocycles. The highest BCUT2D eigenvalue weighted by molar-refractivity contribution is 9.12. The molecule has 0 nitrogen and oxygen atoms in total. The summed E-state index contributed by atoms with van der Waals surface area (Å²) in [5.41, 5.74) is 0. The van der Waals surface area contributed by atoms with E-state index in [0.717, 1.165) is 0 Å². The highest BCUT2D eigenvalue weighted by Gasteiger charge is 2.20. The molecule has 10 rings (SSSR count). The van der Waals surface area contributed by atoms with Gasteiger partial charge in [0.2, 0.25) is 0 Å². The zero-order valence-electron chi connectivity index (χ0n) is 19.7. The maximum absolute atomic E-state index is 3.67. The minimum Gasteiger partial charge on any atom is -0.142 e. The molecule has 10 aromatic rings. The van der Waals surface area contributed by atoms with Gasteiger partial charge in [-0.25, -0.2) is 0 Å². The van der Waals surface area contributed by atoms with E-state index in [4.69, 9.17) is 0 Å². The lowest BCUT2D eigenvalue weighted by molar-refractivity contribution is 2.08. The summed E-state index contributed by atoms with van der Waals surface area (Å²) in [6.45, 7) is 0. The van der Waals surface area contributed by atoms with Crippen LogP contribution in [0.3, 0.4) is 0 Å².